The van der Waals surface area contributed by atoms with E-state index < -0.39 is 16.7 Å². The van der Waals surface area contributed by atoms with Crippen molar-refractivity contribution in [3.8, 4) is 11.5 Å². The summed E-state index contributed by atoms with van der Waals surface area (Å²) in [6.45, 7) is 0.0510. The lowest BCUT2D eigenvalue weighted by molar-refractivity contribution is -0.384. The molecule has 35 heavy (non-hydrogen) atoms. The van der Waals surface area contributed by atoms with Crippen LogP contribution in [0.25, 0.3) is 16.6 Å². The zero-order valence-corrected chi connectivity index (χ0v) is 18.7. The number of rotatable bonds is 5. The second-order valence-corrected chi connectivity index (χ2v) is 8.55. The summed E-state index contributed by atoms with van der Waals surface area (Å²) in [5, 5.41) is 22.9. The Kier molecular flexibility index (Phi) is 4.76. The lowest BCUT2D eigenvalue weighted by Crippen LogP contribution is -2.29. The number of nitro groups is 1. The van der Waals surface area contributed by atoms with Gasteiger partial charge in [0.15, 0.2) is 11.5 Å². The summed E-state index contributed by atoms with van der Waals surface area (Å²) in [5.41, 5.74) is 3.18. The molecule has 2 aliphatic heterocycles. The van der Waals surface area contributed by atoms with Gasteiger partial charge < -0.3 is 19.3 Å². The number of aromatic nitrogens is 2. The molecule has 0 spiro atoms. The summed E-state index contributed by atoms with van der Waals surface area (Å²) in [4.78, 5) is 23.8. The number of hydrogen-bond donors (Lipinski definition) is 1. The largest absolute Gasteiger partial charge is 0.454 e. The van der Waals surface area contributed by atoms with Crippen molar-refractivity contribution in [3.63, 3.8) is 0 Å². The molecule has 4 aromatic rings. The summed E-state index contributed by atoms with van der Waals surface area (Å²) in [6.07, 6.45) is 0.0946. The molecule has 0 bridgehead atoms. The highest BCUT2D eigenvalue weighted by Gasteiger charge is 2.48. The number of hydrogen-bond acceptors (Lipinski definition) is 10. The molecule has 6 rings (SSSR count). The van der Waals surface area contributed by atoms with Crippen LogP contribution in [-0.2, 0) is 21.7 Å². The highest BCUT2D eigenvalue weighted by atomic mass is 32.1. The summed E-state index contributed by atoms with van der Waals surface area (Å²) >= 11 is 1.06. The third-order valence-corrected chi connectivity index (χ3v) is 6.55. The van der Waals surface area contributed by atoms with Crippen LogP contribution in [-0.4, -0.2) is 31.5 Å². The Balaban J connectivity index is 1.51. The van der Waals surface area contributed by atoms with E-state index in [2.05, 4.69) is 8.75 Å². The van der Waals surface area contributed by atoms with Gasteiger partial charge in [-0.15, -0.1) is 0 Å². The van der Waals surface area contributed by atoms with Crippen LogP contribution in [0.2, 0.25) is 0 Å². The van der Waals surface area contributed by atoms with Crippen molar-refractivity contribution in [2.45, 2.75) is 12.2 Å². The molecule has 1 aromatic heterocycles. The number of nitrogens with zero attached hydrogens (tertiary/aromatic N) is 3. The Morgan fingerprint density at radius 3 is 2.57 bits per heavy atom. The molecule has 0 saturated carbocycles. The molecule has 1 unspecified atom stereocenters. The number of carbonyl (C=O) groups excluding carboxylic acids is 1. The Morgan fingerprint density at radius 2 is 1.77 bits per heavy atom. The number of carbonyl (C=O) groups is 1. The van der Waals surface area contributed by atoms with E-state index in [-0.39, 0.29) is 30.0 Å². The van der Waals surface area contributed by atoms with E-state index >= 15 is 0 Å². The molecule has 0 fully saturated rings. The zero-order chi connectivity index (χ0) is 24.2. The summed E-state index contributed by atoms with van der Waals surface area (Å²) in [6, 6.07) is 15.9. The van der Waals surface area contributed by atoms with E-state index in [9.17, 15) is 20.0 Å². The highest BCUT2D eigenvalue weighted by Crippen LogP contribution is 2.47. The topological polar surface area (TPSA) is 134 Å². The number of fused-ring (bicyclic) bond motifs is 2. The van der Waals surface area contributed by atoms with Crippen molar-refractivity contribution < 1.29 is 29.0 Å². The van der Waals surface area contributed by atoms with Crippen LogP contribution in [0, 0.1) is 10.1 Å². The van der Waals surface area contributed by atoms with Crippen LogP contribution in [0.1, 0.15) is 16.7 Å². The van der Waals surface area contributed by atoms with Gasteiger partial charge in [-0.05, 0) is 41.5 Å². The highest BCUT2D eigenvalue weighted by molar-refractivity contribution is 7.00. The van der Waals surface area contributed by atoms with Crippen molar-refractivity contribution >= 4 is 40.0 Å². The number of aliphatic hydroxyl groups is 1. The fraction of sp³-hybridized carbons (Fsp3) is 0.125. The summed E-state index contributed by atoms with van der Waals surface area (Å²) in [5.74, 6) is -1.86. The second kappa shape index (κ2) is 7.86. The van der Waals surface area contributed by atoms with Gasteiger partial charge in [0.05, 0.1) is 22.2 Å². The van der Waals surface area contributed by atoms with E-state index in [1.165, 1.54) is 12.1 Å². The van der Waals surface area contributed by atoms with Gasteiger partial charge >= 0.3 is 5.97 Å². The van der Waals surface area contributed by atoms with Crippen LogP contribution in [0.5, 0.6) is 11.5 Å². The Morgan fingerprint density at radius 1 is 1.00 bits per heavy atom. The first kappa shape index (κ1) is 21.2. The molecule has 0 aliphatic carbocycles. The molecule has 3 aromatic carbocycles. The molecule has 3 heterocycles. The van der Waals surface area contributed by atoms with E-state index in [0.717, 1.165) is 11.7 Å². The number of nitro benzene ring substituents is 1. The van der Waals surface area contributed by atoms with E-state index in [1.807, 2.05) is 0 Å². The third kappa shape index (κ3) is 3.49. The van der Waals surface area contributed by atoms with Gasteiger partial charge in [0.25, 0.3) is 11.5 Å². The zero-order valence-electron chi connectivity index (χ0n) is 17.8. The lowest BCUT2D eigenvalue weighted by Gasteiger charge is -2.26. The normalized spacial score (nSPS) is 18.8. The lowest BCUT2D eigenvalue weighted by atomic mass is 9.88. The van der Waals surface area contributed by atoms with Gasteiger partial charge in [0, 0.05) is 29.7 Å². The predicted molar refractivity (Wildman–Crippen MR) is 124 cm³/mol. The first-order chi connectivity index (χ1) is 16.9. The quantitative estimate of drug-likeness (QED) is 0.253. The minimum absolute atomic E-state index is 0.0510. The molecule has 174 valence electrons. The van der Waals surface area contributed by atoms with Crippen molar-refractivity contribution in [2.75, 3.05) is 6.79 Å². The van der Waals surface area contributed by atoms with Crippen molar-refractivity contribution in [1.82, 2.24) is 8.75 Å². The van der Waals surface area contributed by atoms with Gasteiger partial charge in [0.2, 0.25) is 6.79 Å². The minimum Gasteiger partial charge on any atom is -0.454 e. The van der Waals surface area contributed by atoms with E-state index in [0.29, 0.717) is 39.2 Å². The summed E-state index contributed by atoms with van der Waals surface area (Å²) in [7, 11) is 0. The van der Waals surface area contributed by atoms with Crippen LogP contribution < -0.4 is 9.47 Å². The number of esters is 1. The smallest absolute Gasteiger partial charge is 0.342 e. The first-order valence-corrected chi connectivity index (χ1v) is 11.2. The monoisotopic (exact) mass is 489 g/mol. The van der Waals surface area contributed by atoms with Gasteiger partial charge in [0.1, 0.15) is 11.0 Å². The Labute approximate surface area is 201 Å². The molecule has 10 nitrogen and oxygen atoms in total. The molecular weight excluding hydrogens is 474 g/mol. The second-order valence-electron chi connectivity index (χ2n) is 8.02. The maximum atomic E-state index is 13.2. The van der Waals surface area contributed by atoms with E-state index in [1.54, 1.807) is 48.5 Å². The number of ether oxygens (including phenoxy) is 3. The Bertz CT molecular complexity index is 1550. The average molecular weight is 489 g/mol. The fourth-order valence-corrected chi connectivity index (χ4v) is 4.77. The molecule has 0 amide bonds. The fourth-order valence-electron chi connectivity index (χ4n) is 4.26. The molecule has 1 atom stereocenters. The first-order valence-electron chi connectivity index (χ1n) is 10.5. The van der Waals surface area contributed by atoms with Crippen molar-refractivity contribution in [2.24, 2.45) is 0 Å². The van der Waals surface area contributed by atoms with Crippen LogP contribution >= 0.6 is 11.7 Å². The molecule has 0 radical (unpaired) electrons. The van der Waals surface area contributed by atoms with Crippen LogP contribution in [0.3, 0.4) is 0 Å². The average Bonchev–Trinajstić information content (AvgIpc) is 3.57. The number of non-ortho nitro benzene ring substituents is 1. The maximum Gasteiger partial charge on any atom is 0.342 e. The molecule has 2 aliphatic rings. The van der Waals surface area contributed by atoms with Gasteiger partial charge in [-0.2, -0.15) is 8.75 Å². The standard InChI is InChI=1S/C24H15N3O7S/c28-23-22(14-3-7-18-19(10-14)26-35-25-18)17(9-13-1-5-16(6-2-13)27(30)31)24(29,34-23)15-4-8-20-21(11-15)33-12-32-20/h1-8,10-11,29H,9,12H2. The van der Waals surface area contributed by atoms with Crippen LogP contribution in [0.4, 0.5) is 5.69 Å². The van der Waals surface area contributed by atoms with Crippen molar-refractivity contribution in [3.05, 3.63) is 93.0 Å². The van der Waals surface area contributed by atoms with Gasteiger partial charge in [-0.25, -0.2) is 4.79 Å². The molecule has 1 N–H and O–H groups in total. The third-order valence-electron chi connectivity index (χ3n) is 5.99. The van der Waals surface area contributed by atoms with E-state index in [4.69, 9.17) is 14.2 Å². The molecule has 11 heteroatoms. The number of cyclic esters (lactones) is 1. The van der Waals surface area contributed by atoms with Gasteiger partial charge in [-0.3, -0.25) is 10.1 Å². The SMILES string of the molecule is O=C1OC(O)(c2ccc3c(c2)OCO3)C(Cc2ccc([N+](=O)[O-])cc2)=C1c1ccc2nsnc2c1. The van der Waals surface area contributed by atoms with Gasteiger partial charge in [-0.1, -0.05) is 18.2 Å². The molecule has 0 saturated heterocycles. The maximum absolute atomic E-state index is 13.2. The van der Waals surface area contributed by atoms with Crippen molar-refractivity contribution in [1.29, 1.82) is 0 Å². The summed E-state index contributed by atoms with van der Waals surface area (Å²) < 4.78 is 24.8. The number of benzene rings is 3. The minimum atomic E-state index is -2.09. The Hall–Kier alpha value is -4.35. The molecular formula is C24H15N3O7S. The predicted octanol–water partition coefficient (Wildman–Crippen LogP) is 3.73. The van der Waals surface area contributed by atoms with Crippen LogP contribution in [0.15, 0.2) is 66.2 Å².